The number of carbonyl (C=O) groups is 1. The fraction of sp³-hybridized carbons (Fsp3) is 0.562. The van der Waals surface area contributed by atoms with Gasteiger partial charge in [0.05, 0.1) is 5.54 Å². The van der Waals surface area contributed by atoms with Gasteiger partial charge in [-0.2, -0.15) is 0 Å². The molecule has 20 heavy (non-hydrogen) atoms. The fourth-order valence-electron chi connectivity index (χ4n) is 2.59. The summed E-state index contributed by atoms with van der Waals surface area (Å²) in [5.74, 6) is 0.909. The third-order valence-electron chi connectivity index (χ3n) is 4.19. The van der Waals surface area contributed by atoms with Gasteiger partial charge in [0.25, 0.3) is 0 Å². The number of amides is 1. The van der Waals surface area contributed by atoms with E-state index in [1.165, 1.54) is 18.4 Å². The minimum Gasteiger partial charge on any atom is -0.349 e. The van der Waals surface area contributed by atoms with E-state index < -0.39 is 0 Å². The Morgan fingerprint density at radius 3 is 2.50 bits per heavy atom. The normalized spacial score (nSPS) is 18.6. The third kappa shape index (κ3) is 4.22. The number of nitrogens with one attached hydrogen (secondary N) is 1. The van der Waals surface area contributed by atoms with Crippen LogP contribution < -0.4 is 11.1 Å². The van der Waals surface area contributed by atoms with Crippen LogP contribution in [-0.4, -0.2) is 18.0 Å². The van der Waals surface area contributed by atoms with E-state index in [4.69, 9.17) is 5.73 Å². The zero-order valence-corrected chi connectivity index (χ0v) is 13.1. The Kier molecular flexibility index (Phi) is 6.03. The molecule has 3 nitrogen and oxygen atoms in total. The molecular formula is C16H25ClN2O. The minimum absolute atomic E-state index is 0. The van der Waals surface area contributed by atoms with Crippen molar-refractivity contribution in [3.63, 3.8) is 0 Å². The van der Waals surface area contributed by atoms with Crippen molar-refractivity contribution in [1.82, 2.24) is 5.32 Å². The second-order valence-electron chi connectivity index (χ2n) is 5.96. The van der Waals surface area contributed by atoms with E-state index in [1.54, 1.807) is 0 Å². The van der Waals surface area contributed by atoms with Crippen LogP contribution in [0.1, 0.15) is 44.6 Å². The molecule has 3 N–H and O–H groups in total. The second kappa shape index (κ2) is 7.09. The molecule has 0 bridgehead atoms. The van der Waals surface area contributed by atoms with Gasteiger partial charge in [-0.05, 0) is 37.2 Å². The van der Waals surface area contributed by atoms with Crippen LogP contribution in [0.2, 0.25) is 0 Å². The predicted molar refractivity (Wildman–Crippen MR) is 85.0 cm³/mol. The lowest BCUT2D eigenvalue weighted by atomic mass is 9.93. The molecule has 0 aliphatic heterocycles. The molecule has 4 heteroatoms. The molecule has 1 aliphatic rings. The fourth-order valence-corrected chi connectivity index (χ4v) is 2.59. The first-order valence-corrected chi connectivity index (χ1v) is 7.11. The van der Waals surface area contributed by atoms with Gasteiger partial charge in [0, 0.05) is 13.0 Å². The number of hydrogen-bond acceptors (Lipinski definition) is 2. The Morgan fingerprint density at radius 1 is 1.40 bits per heavy atom. The summed E-state index contributed by atoms with van der Waals surface area (Å²) in [6.07, 6.45) is 2.89. The van der Waals surface area contributed by atoms with Crippen molar-refractivity contribution in [2.24, 2.45) is 11.7 Å². The lowest BCUT2D eigenvalue weighted by Gasteiger charge is -2.30. The largest absolute Gasteiger partial charge is 0.349 e. The van der Waals surface area contributed by atoms with E-state index in [0.29, 0.717) is 18.9 Å². The van der Waals surface area contributed by atoms with Crippen molar-refractivity contribution in [3.8, 4) is 0 Å². The summed E-state index contributed by atoms with van der Waals surface area (Å²) < 4.78 is 0. The van der Waals surface area contributed by atoms with Crippen LogP contribution in [0.5, 0.6) is 0 Å². The van der Waals surface area contributed by atoms with Gasteiger partial charge < -0.3 is 11.1 Å². The highest BCUT2D eigenvalue weighted by atomic mass is 35.5. The molecule has 0 spiro atoms. The molecule has 112 valence electrons. The van der Waals surface area contributed by atoms with Crippen LogP contribution in [-0.2, 0) is 4.79 Å². The Labute approximate surface area is 127 Å². The summed E-state index contributed by atoms with van der Waals surface area (Å²) in [5.41, 5.74) is 6.82. The van der Waals surface area contributed by atoms with Crippen molar-refractivity contribution < 1.29 is 4.79 Å². The topological polar surface area (TPSA) is 55.1 Å². The first kappa shape index (κ1) is 17.0. The first-order chi connectivity index (χ1) is 9.05. The summed E-state index contributed by atoms with van der Waals surface area (Å²) in [7, 11) is 0. The van der Waals surface area contributed by atoms with Gasteiger partial charge in [0.2, 0.25) is 5.91 Å². The van der Waals surface area contributed by atoms with Crippen LogP contribution in [0, 0.1) is 5.92 Å². The molecule has 2 atom stereocenters. The third-order valence-corrected chi connectivity index (χ3v) is 4.19. The second-order valence-corrected chi connectivity index (χ2v) is 5.96. The average Bonchev–Trinajstić information content (AvgIpc) is 3.24. The molecule has 1 aliphatic carbocycles. The van der Waals surface area contributed by atoms with E-state index >= 15 is 0 Å². The van der Waals surface area contributed by atoms with Gasteiger partial charge >= 0.3 is 0 Å². The molecular weight excluding hydrogens is 272 g/mol. The average molecular weight is 297 g/mol. The van der Waals surface area contributed by atoms with Crippen LogP contribution >= 0.6 is 12.4 Å². The van der Waals surface area contributed by atoms with Crippen molar-refractivity contribution in [2.45, 2.75) is 44.6 Å². The zero-order valence-electron chi connectivity index (χ0n) is 12.3. The number of nitrogens with two attached hydrogens (primary N) is 1. The highest BCUT2D eigenvalue weighted by Gasteiger charge is 2.41. The molecule has 1 aromatic carbocycles. The molecule has 2 unspecified atom stereocenters. The lowest BCUT2D eigenvalue weighted by molar-refractivity contribution is -0.123. The van der Waals surface area contributed by atoms with Crippen LogP contribution in [0.25, 0.3) is 0 Å². The molecule has 1 aromatic rings. The summed E-state index contributed by atoms with van der Waals surface area (Å²) in [5, 5.41) is 3.14. The standard InChI is InChI=1S/C16H24N2O.ClH/c1-12(13-6-4-3-5-7-13)10-15(19)18-16(2,11-17)14-8-9-14;/h3-7,12,14H,8-11,17H2,1-2H3,(H,18,19);1H. The molecule has 0 radical (unpaired) electrons. The van der Waals surface area contributed by atoms with Gasteiger partial charge in [-0.1, -0.05) is 37.3 Å². The van der Waals surface area contributed by atoms with E-state index in [1.807, 2.05) is 18.2 Å². The highest BCUT2D eigenvalue weighted by molar-refractivity contribution is 5.85. The van der Waals surface area contributed by atoms with Gasteiger partial charge in [-0.15, -0.1) is 12.4 Å². The molecule has 1 saturated carbocycles. The molecule has 0 heterocycles. The lowest BCUT2D eigenvalue weighted by Crippen LogP contribution is -2.53. The Balaban J connectivity index is 0.00000200. The van der Waals surface area contributed by atoms with Crippen molar-refractivity contribution >= 4 is 18.3 Å². The number of carbonyl (C=O) groups excluding carboxylic acids is 1. The smallest absolute Gasteiger partial charge is 0.221 e. The number of rotatable bonds is 6. The minimum atomic E-state index is -0.215. The summed E-state index contributed by atoms with van der Waals surface area (Å²) in [6, 6.07) is 10.2. The van der Waals surface area contributed by atoms with Crippen molar-refractivity contribution in [2.75, 3.05) is 6.54 Å². The molecule has 0 saturated heterocycles. The summed E-state index contributed by atoms with van der Waals surface area (Å²) in [6.45, 7) is 4.67. The maximum absolute atomic E-state index is 12.2. The van der Waals surface area contributed by atoms with Crippen LogP contribution in [0.15, 0.2) is 30.3 Å². The van der Waals surface area contributed by atoms with E-state index in [0.717, 1.165) is 0 Å². The Hall–Kier alpha value is -1.06. The quantitative estimate of drug-likeness (QED) is 0.848. The number of halogens is 1. The van der Waals surface area contributed by atoms with Gasteiger partial charge in [0.1, 0.15) is 0 Å². The van der Waals surface area contributed by atoms with Crippen molar-refractivity contribution in [3.05, 3.63) is 35.9 Å². The van der Waals surface area contributed by atoms with Crippen LogP contribution in [0.3, 0.4) is 0 Å². The molecule has 2 rings (SSSR count). The Bertz CT molecular complexity index is 433. The highest BCUT2D eigenvalue weighted by Crippen LogP contribution is 2.39. The maximum atomic E-state index is 12.2. The van der Waals surface area contributed by atoms with Crippen LogP contribution in [0.4, 0.5) is 0 Å². The number of benzene rings is 1. The van der Waals surface area contributed by atoms with Crippen molar-refractivity contribution in [1.29, 1.82) is 0 Å². The predicted octanol–water partition coefficient (Wildman–Crippen LogP) is 2.85. The van der Waals surface area contributed by atoms with Gasteiger partial charge in [0.15, 0.2) is 0 Å². The van der Waals surface area contributed by atoms with E-state index in [9.17, 15) is 4.79 Å². The van der Waals surface area contributed by atoms with E-state index in [-0.39, 0.29) is 29.8 Å². The maximum Gasteiger partial charge on any atom is 0.221 e. The Morgan fingerprint density at radius 2 is 2.00 bits per heavy atom. The zero-order chi connectivity index (χ0) is 13.9. The molecule has 1 amide bonds. The van der Waals surface area contributed by atoms with Gasteiger partial charge in [-0.3, -0.25) is 4.79 Å². The van der Waals surface area contributed by atoms with Gasteiger partial charge in [-0.25, -0.2) is 0 Å². The summed E-state index contributed by atoms with van der Waals surface area (Å²) >= 11 is 0. The molecule has 0 aromatic heterocycles. The molecule has 1 fully saturated rings. The number of hydrogen-bond donors (Lipinski definition) is 2. The van der Waals surface area contributed by atoms with E-state index in [2.05, 4.69) is 31.3 Å². The first-order valence-electron chi connectivity index (χ1n) is 7.11. The summed E-state index contributed by atoms with van der Waals surface area (Å²) in [4.78, 5) is 12.2. The SMILES string of the molecule is CC(CC(=O)NC(C)(CN)C1CC1)c1ccccc1.Cl. The monoisotopic (exact) mass is 296 g/mol.